The van der Waals surface area contributed by atoms with Crippen LogP contribution < -0.4 is 15.4 Å². The van der Waals surface area contributed by atoms with Crippen LogP contribution in [0.2, 0.25) is 0 Å². The van der Waals surface area contributed by atoms with Gasteiger partial charge in [-0.2, -0.15) is 0 Å². The summed E-state index contributed by atoms with van der Waals surface area (Å²) in [4.78, 5) is 36.9. The number of rotatable bonds is 12. The fraction of sp³-hybridized carbons (Fsp3) is 0.385. The van der Waals surface area contributed by atoms with Gasteiger partial charge >= 0.3 is 0 Å². The summed E-state index contributed by atoms with van der Waals surface area (Å²) in [7, 11) is 3.25. The molecule has 4 rings (SSSR count). The Balaban J connectivity index is 1.51. The van der Waals surface area contributed by atoms with Crippen molar-refractivity contribution in [3.05, 3.63) is 52.4 Å². The van der Waals surface area contributed by atoms with Gasteiger partial charge in [0.25, 0.3) is 5.91 Å². The molecule has 2 amide bonds. The maximum atomic E-state index is 12.6. The summed E-state index contributed by atoms with van der Waals surface area (Å²) in [6.45, 7) is 2.21. The normalized spacial score (nSPS) is 11.9. The van der Waals surface area contributed by atoms with E-state index in [2.05, 4.69) is 35.8 Å². The highest BCUT2D eigenvalue weighted by Gasteiger charge is 2.20. The maximum absolute atomic E-state index is 12.6. The minimum atomic E-state index is -0.248. The maximum Gasteiger partial charge on any atom is 0.282 e. The number of unbranched alkanes of at least 4 members (excludes halogenated alkanes) is 2. The van der Waals surface area contributed by atoms with Gasteiger partial charge in [0.05, 0.1) is 30.1 Å². The summed E-state index contributed by atoms with van der Waals surface area (Å²) in [6.07, 6.45) is 5.69. The molecule has 0 saturated heterocycles. The van der Waals surface area contributed by atoms with E-state index in [1.165, 1.54) is 11.3 Å². The molecule has 11 heteroatoms. The third-order valence-corrected chi connectivity index (χ3v) is 6.96. The molecule has 0 bridgehead atoms. The van der Waals surface area contributed by atoms with Crippen molar-refractivity contribution in [2.75, 3.05) is 20.7 Å². The number of carbonyl (C=O) groups excluding carboxylic acids is 2. The van der Waals surface area contributed by atoms with E-state index in [1.807, 2.05) is 37.3 Å². The summed E-state index contributed by atoms with van der Waals surface area (Å²) < 4.78 is 5.57. The minimum absolute atomic E-state index is 0.0461. The first-order valence-electron chi connectivity index (χ1n) is 12.3. The zero-order valence-electron chi connectivity index (χ0n) is 21.2. The summed E-state index contributed by atoms with van der Waals surface area (Å²) in [5.74, 6) is 1.03. The molecular weight excluding hydrogens is 490 g/mol. The Kier molecular flexibility index (Phi) is 8.78. The predicted molar refractivity (Wildman–Crippen MR) is 143 cm³/mol. The van der Waals surface area contributed by atoms with Crippen molar-refractivity contribution in [2.45, 2.75) is 44.9 Å². The van der Waals surface area contributed by atoms with Gasteiger partial charge in [-0.15, -0.1) is 10.2 Å². The molecule has 10 nitrogen and oxygen atoms in total. The van der Waals surface area contributed by atoms with Gasteiger partial charge in [-0.3, -0.25) is 9.59 Å². The minimum Gasteiger partial charge on any atom is -0.480 e. The molecule has 0 aliphatic heterocycles. The van der Waals surface area contributed by atoms with Crippen molar-refractivity contribution < 1.29 is 14.3 Å². The van der Waals surface area contributed by atoms with Gasteiger partial charge in [-0.05, 0) is 31.9 Å². The van der Waals surface area contributed by atoms with E-state index in [-0.39, 0.29) is 17.7 Å². The second-order valence-corrected chi connectivity index (χ2v) is 9.91. The number of H-pyrrole nitrogens is 1. The number of aromatic amines is 1. The molecular formula is C26H31N7O3S. The van der Waals surface area contributed by atoms with Crippen LogP contribution in [-0.2, 0) is 4.79 Å². The van der Waals surface area contributed by atoms with Gasteiger partial charge in [0, 0.05) is 31.3 Å². The Morgan fingerprint density at radius 1 is 1.16 bits per heavy atom. The number of para-hydroxylation sites is 1. The zero-order valence-corrected chi connectivity index (χ0v) is 22.0. The number of methoxy groups -OCH3 is 1. The monoisotopic (exact) mass is 521 g/mol. The first kappa shape index (κ1) is 26.2. The van der Waals surface area contributed by atoms with Crippen LogP contribution in [0.1, 0.15) is 58.7 Å². The van der Waals surface area contributed by atoms with Crippen molar-refractivity contribution in [1.29, 1.82) is 0 Å². The standard InChI is InChI=1S/C26H31N7O3S/c1-16-32-33-26(37-16)24(35)29-14-18(10-5-4-6-12-22(34)27-2)23-28-15-21(30-23)19-13-17-9-7-8-11-20(17)31-25(19)36-3/h7-9,11,13,15,18H,4-6,10,12,14H2,1-3H3,(H,27,34)(H,28,30)(H,29,35). The number of aryl methyl sites for hydroxylation is 1. The number of imidazole rings is 1. The average Bonchev–Trinajstić information content (AvgIpc) is 3.58. The topological polar surface area (TPSA) is 135 Å². The van der Waals surface area contributed by atoms with Crippen molar-refractivity contribution in [1.82, 2.24) is 35.8 Å². The Labute approximate surface area is 219 Å². The van der Waals surface area contributed by atoms with Crippen molar-refractivity contribution in [3.63, 3.8) is 0 Å². The smallest absolute Gasteiger partial charge is 0.282 e. The molecule has 0 aliphatic rings. The SMILES string of the molecule is CNC(=O)CCCCCC(CNC(=O)c1nnc(C)s1)c1ncc(-c2cc3ccccc3nc2OC)[nH]1. The average molecular weight is 522 g/mol. The lowest BCUT2D eigenvalue weighted by Crippen LogP contribution is -2.29. The van der Waals surface area contributed by atoms with E-state index < -0.39 is 0 Å². The predicted octanol–water partition coefficient (Wildman–Crippen LogP) is 4.00. The third kappa shape index (κ3) is 6.67. The summed E-state index contributed by atoms with van der Waals surface area (Å²) in [6, 6.07) is 9.91. The first-order valence-corrected chi connectivity index (χ1v) is 13.1. The molecule has 3 aromatic heterocycles. The Morgan fingerprint density at radius 3 is 2.76 bits per heavy atom. The van der Waals surface area contributed by atoms with Crippen LogP contribution in [0.5, 0.6) is 5.88 Å². The lowest BCUT2D eigenvalue weighted by molar-refractivity contribution is -0.120. The van der Waals surface area contributed by atoms with Crippen LogP contribution in [0.3, 0.4) is 0 Å². The Hall–Kier alpha value is -3.86. The molecule has 3 heterocycles. The fourth-order valence-corrected chi connectivity index (χ4v) is 4.73. The first-order chi connectivity index (χ1) is 18.0. The molecule has 1 aromatic carbocycles. The molecule has 3 N–H and O–H groups in total. The van der Waals surface area contributed by atoms with Crippen LogP contribution in [0, 0.1) is 6.92 Å². The number of carbonyl (C=O) groups is 2. The lowest BCUT2D eigenvalue weighted by Gasteiger charge is -2.15. The summed E-state index contributed by atoms with van der Waals surface area (Å²) in [5.41, 5.74) is 2.46. The number of hydrogen-bond acceptors (Lipinski definition) is 8. The summed E-state index contributed by atoms with van der Waals surface area (Å²) >= 11 is 1.26. The number of aromatic nitrogens is 5. The van der Waals surface area contributed by atoms with Crippen LogP contribution in [0.15, 0.2) is 36.5 Å². The Bertz CT molecular complexity index is 1370. The van der Waals surface area contributed by atoms with E-state index in [4.69, 9.17) is 4.74 Å². The molecule has 1 unspecified atom stereocenters. The molecule has 0 fully saturated rings. The number of hydrogen-bond donors (Lipinski definition) is 3. The zero-order chi connectivity index (χ0) is 26.2. The molecule has 37 heavy (non-hydrogen) atoms. The highest BCUT2D eigenvalue weighted by molar-refractivity contribution is 7.13. The van der Waals surface area contributed by atoms with E-state index in [0.29, 0.717) is 23.9 Å². The number of pyridine rings is 1. The Morgan fingerprint density at radius 2 is 2.00 bits per heavy atom. The highest BCUT2D eigenvalue weighted by atomic mass is 32.1. The van der Waals surface area contributed by atoms with Gasteiger partial charge < -0.3 is 20.4 Å². The van der Waals surface area contributed by atoms with Crippen molar-refractivity contribution in [3.8, 4) is 17.1 Å². The van der Waals surface area contributed by atoms with E-state index in [9.17, 15) is 9.59 Å². The quantitative estimate of drug-likeness (QED) is 0.240. The number of ether oxygens (including phenoxy) is 1. The molecule has 0 aliphatic carbocycles. The van der Waals surface area contributed by atoms with Gasteiger partial charge in [-0.25, -0.2) is 9.97 Å². The number of fused-ring (bicyclic) bond motifs is 1. The number of nitrogens with zero attached hydrogens (tertiary/aromatic N) is 4. The van der Waals surface area contributed by atoms with E-state index in [1.54, 1.807) is 20.4 Å². The number of amides is 2. The number of nitrogens with one attached hydrogen (secondary N) is 3. The number of benzene rings is 1. The third-order valence-electron chi connectivity index (χ3n) is 6.12. The molecule has 1 atom stereocenters. The van der Waals surface area contributed by atoms with Crippen LogP contribution in [0.4, 0.5) is 0 Å². The van der Waals surface area contributed by atoms with Gasteiger partial charge in [0.15, 0.2) is 0 Å². The second kappa shape index (κ2) is 12.4. The van der Waals surface area contributed by atoms with E-state index in [0.717, 1.165) is 58.7 Å². The fourth-order valence-electron chi connectivity index (χ4n) is 4.12. The molecule has 0 radical (unpaired) electrons. The molecule has 4 aromatic rings. The largest absolute Gasteiger partial charge is 0.480 e. The lowest BCUT2D eigenvalue weighted by atomic mass is 9.99. The van der Waals surface area contributed by atoms with Crippen molar-refractivity contribution >= 4 is 34.1 Å². The van der Waals surface area contributed by atoms with Crippen LogP contribution >= 0.6 is 11.3 Å². The molecule has 194 valence electrons. The van der Waals surface area contributed by atoms with Crippen molar-refractivity contribution in [2.24, 2.45) is 0 Å². The van der Waals surface area contributed by atoms with E-state index >= 15 is 0 Å². The van der Waals surface area contributed by atoms with Crippen LogP contribution in [0.25, 0.3) is 22.2 Å². The highest BCUT2D eigenvalue weighted by Crippen LogP contribution is 2.32. The van der Waals surface area contributed by atoms with Gasteiger partial charge in [0.2, 0.25) is 16.8 Å². The second-order valence-electron chi connectivity index (χ2n) is 8.73. The molecule has 0 spiro atoms. The van der Waals surface area contributed by atoms with Crippen LogP contribution in [-0.4, -0.2) is 57.7 Å². The van der Waals surface area contributed by atoms with Gasteiger partial charge in [0.1, 0.15) is 10.8 Å². The van der Waals surface area contributed by atoms with Gasteiger partial charge in [-0.1, -0.05) is 42.4 Å². The summed E-state index contributed by atoms with van der Waals surface area (Å²) in [5, 5.41) is 15.6. The molecule has 0 saturated carbocycles.